The van der Waals surface area contributed by atoms with Crippen LogP contribution in [0.5, 0.6) is 0 Å². The first kappa shape index (κ1) is 6.85. The molecule has 0 aliphatic heterocycles. The standard InChI is InChI=1S/C8H7BrN2/c1-6-2-7-3-10-5-11(7)4-8(6)9/h2-5H,1H3. The van der Waals surface area contributed by atoms with Gasteiger partial charge in [0.15, 0.2) is 0 Å². The number of aryl methyl sites for hydroxylation is 1. The van der Waals surface area contributed by atoms with Crippen LogP contribution in [0.15, 0.2) is 29.3 Å². The zero-order chi connectivity index (χ0) is 7.84. The van der Waals surface area contributed by atoms with Crippen LogP contribution < -0.4 is 0 Å². The van der Waals surface area contributed by atoms with Gasteiger partial charge >= 0.3 is 0 Å². The van der Waals surface area contributed by atoms with Crippen LogP contribution in [-0.2, 0) is 0 Å². The number of hydrogen-bond acceptors (Lipinski definition) is 1. The summed E-state index contributed by atoms with van der Waals surface area (Å²) in [7, 11) is 0. The molecule has 56 valence electrons. The molecule has 0 fully saturated rings. The summed E-state index contributed by atoms with van der Waals surface area (Å²) in [5.41, 5.74) is 2.36. The number of hydrogen-bond donors (Lipinski definition) is 0. The van der Waals surface area contributed by atoms with Gasteiger partial charge in [-0.3, -0.25) is 0 Å². The van der Waals surface area contributed by atoms with E-state index in [9.17, 15) is 0 Å². The summed E-state index contributed by atoms with van der Waals surface area (Å²) in [5, 5.41) is 0. The van der Waals surface area contributed by atoms with Crippen molar-refractivity contribution in [1.29, 1.82) is 0 Å². The number of imidazole rings is 1. The normalized spacial score (nSPS) is 10.7. The van der Waals surface area contributed by atoms with Crippen LogP contribution in [0.25, 0.3) is 5.52 Å². The summed E-state index contributed by atoms with van der Waals surface area (Å²) < 4.78 is 3.10. The number of aromatic nitrogens is 2. The van der Waals surface area contributed by atoms with Crippen molar-refractivity contribution in [1.82, 2.24) is 9.38 Å². The number of pyridine rings is 1. The average Bonchev–Trinajstić information content (AvgIpc) is 2.36. The lowest BCUT2D eigenvalue weighted by Gasteiger charge is -1.98. The first-order chi connectivity index (χ1) is 5.27. The van der Waals surface area contributed by atoms with Crippen LogP contribution in [0.4, 0.5) is 0 Å². The first-order valence-corrected chi connectivity index (χ1v) is 4.14. The molecule has 0 saturated carbocycles. The van der Waals surface area contributed by atoms with E-state index in [0.29, 0.717) is 0 Å². The molecule has 2 heterocycles. The van der Waals surface area contributed by atoms with E-state index in [2.05, 4.69) is 33.9 Å². The molecule has 0 saturated heterocycles. The minimum Gasteiger partial charge on any atom is -0.305 e. The van der Waals surface area contributed by atoms with E-state index in [1.807, 2.05) is 16.8 Å². The van der Waals surface area contributed by atoms with Crippen LogP contribution in [0, 0.1) is 6.92 Å². The van der Waals surface area contributed by atoms with Gasteiger partial charge in [-0.05, 0) is 34.5 Å². The van der Waals surface area contributed by atoms with E-state index in [1.54, 1.807) is 6.33 Å². The van der Waals surface area contributed by atoms with E-state index >= 15 is 0 Å². The molecule has 2 nitrogen and oxygen atoms in total. The minimum absolute atomic E-state index is 1.11. The highest BCUT2D eigenvalue weighted by molar-refractivity contribution is 9.10. The fourth-order valence-electron chi connectivity index (χ4n) is 1.05. The fourth-order valence-corrected chi connectivity index (χ4v) is 1.38. The van der Waals surface area contributed by atoms with Crippen molar-refractivity contribution < 1.29 is 0 Å². The van der Waals surface area contributed by atoms with Gasteiger partial charge < -0.3 is 4.40 Å². The summed E-state index contributed by atoms with van der Waals surface area (Å²) in [6.07, 6.45) is 5.65. The van der Waals surface area contributed by atoms with Crippen molar-refractivity contribution in [3.05, 3.63) is 34.8 Å². The maximum Gasteiger partial charge on any atom is 0.0992 e. The summed E-state index contributed by atoms with van der Waals surface area (Å²) in [5.74, 6) is 0. The molecule has 0 aromatic carbocycles. The highest BCUT2D eigenvalue weighted by Crippen LogP contribution is 2.17. The molecule has 11 heavy (non-hydrogen) atoms. The monoisotopic (exact) mass is 210 g/mol. The number of nitrogens with zero attached hydrogens (tertiary/aromatic N) is 2. The molecule has 0 bridgehead atoms. The van der Waals surface area contributed by atoms with Crippen molar-refractivity contribution in [2.45, 2.75) is 6.92 Å². The summed E-state index contributed by atoms with van der Waals surface area (Å²) in [4.78, 5) is 4.03. The molecule has 3 heteroatoms. The summed E-state index contributed by atoms with van der Waals surface area (Å²) in [6.45, 7) is 2.07. The van der Waals surface area contributed by atoms with Gasteiger partial charge in [0.05, 0.1) is 18.0 Å². The van der Waals surface area contributed by atoms with Crippen LogP contribution in [0.1, 0.15) is 5.56 Å². The molecule has 0 unspecified atom stereocenters. The Morgan fingerprint density at radius 2 is 2.36 bits per heavy atom. The highest BCUT2D eigenvalue weighted by atomic mass is 79.9. The Bertz CT molecular complexity index is 356. The first-order valence-electron chi connectivity index (χ1n) is 3.35. The summed E-state index contributed by atoms with van der Waals surface area (Å²) >= 11 is 3.45. The zero-order valence-electron chi connectivity index (χ0n) is 6.08. The minimum atomic E-state index is 1.11. The Hall–Kier alpha value is -0.830. The van der Waals surface area contributed by atoms with E-state index in [4.69, 9.17) is 0 Å². The molecule has 0 aliphatic carbocycles. The SMILES string of the molecule is Cc1cc2cncn2cc1Br. The molecule has 0 amide bonds. The Kier molecular flexibility index (Phi) is 1.46. The fraction of sp³-hybridized carbons (Fsp3) is 0.125. The maximum absolute atomic E-state index is 4.03. The zero-order valence-corrected chi connectivity index (χ0v) is 7.67. The number of halogens is 1. The predicted molar refractivity (Wildman–Crippen MR) is 47.6 cm³/mol. The van der Waals surface area contributed by atoms with E-state index in [-0.39, 0.29) is 0 Å². The topological polar surface area (TPSA) is 17.3 Å². The second-order valence-electron chi connectivity index (χ2n) is 2.53. The molecule has 2 rings (SSSR count). The Morgan fingerprint density at radius 1 is 1.55 bits per heavy atom. The van der Waals surface area contributed by atoms with Crippen molar-refractivity contribution in [3.8, 4) is 0 Å². The maximum atomic E-state index is 4.03. The van der Waals surface area contributed by atoms with Crippen molar-refractivity contribution in [2.24, 2.45) is 0 Å². The Balaban J connectivity index is 2.86. The van der Waals surface area contributed by atoms with E-state index in [1.165, 1.54) is 5.56 Å². The average molecular weight is 211 g/mol. The third kappa shape index (κ3) is 1.05. The smallest absolute Gasteiger partial charge is 0.0992 e. The van der Waals surface area contributed by atoms with Gasteiger partial charge in [-0.25, -0.2) is 4.98 Å². The largest absolute Gasteiger partial charge is 0.305 e. The third-order valence-electron chi connectivity index (χ3n) is 1.69. The molecule has 0 spiro atoms. The van der Waals surface area contributed by atoms with Gasteiger partial charge in [-0.1, -0.05) is 0 Å². The van der Waals surface area contributed by atoms with Crippen LogP contribution >= 0.6 is 15.9 Å². The summed E-state index contributed by atoms with van der Waals surface area (Å²) in [6, 6.07) is 2.09. The molecule has 0 aliphatic rings. The molecule has 2 aromatic rings. The van der Waals surface area contributed by atoms with Crippen LogP contribution in [0.2, 0.25) is 0 Å². The number of rotatable bonds is 0. The Labute approximate surface area is 73.0 Å². The van der Waals surface area contributed by atoms with Crippen LogP contribution in [-0.4, -0.2) is 9.38 Å². The molecular formula is C8H7BrN2. The number of fused-ring (bicyclic) bond motifs is 1. The quantitative estimate of drug-likeness (QED) is 0.653. The second-order valence-corrected chi connectivity index (χ2v) is 3.38. The predicted octanol–water partition coefficient (Wildman–Crippen LogP) is 2.41. The van der Waals surface area contributed by atoms with E-state index < -0.39 is 0 Å². The van der Waals surface area contributed by atoms with Gasteiger partial charge in [0.25, 0.3) is 0 Å². The lowest BCUT2D eigenvalue weighted by molar-refractivity contribution is 1.13. The van der Waals surface area contributed by atoms with Gasteiger partial charge in [0.1, 0.15) is 0 Å². The van der Waals surface area contributed by atoms with Crippen molar-refractivity contribution in [3.63, 3.8) is 0 Å². The third-order valence-corrected chi connectivity index (χ3v) is 2.52. The van der Waals surface area contributed by atoms with Crippen molar-refractivity contribution in [2.75, 3.05) is 0 Å². The van der Waals surface area contributed by atoms with Gasteiger partial charge in [-0.15, -0.1) is 0 Å². The molecule has 0 N–H and O–H groups in total. The highest BCUT2D eigenvalue weighted by Gasteiger charge is 1.96. The molecular weight excluding hydrogens is 204 g/mol. The molecule has 0 radical (unpaired) electrons. The lowest BCUT2D eigenvalue weighted by Crippen LogP contribution is -1.83. The van der Waals surface area contributed by atoms with Crippen molar-refractivity contribution >= 4 is 21.4 Å². The molecule has 0 atom stereocenters. The lowest BCUT2D eigenvalue weighted by atomic mass is 10.3. The second kappa shape index (κ2) is 2.34. The van der Waals surface area contributed by atoms with Gasteiger partial charge in [-0.2, -0.15) is 0 Å². The van der Waals surface area contributed by atoms with Crippen LogP contribution in [0.3, 0.4) is 0 Å². The van der Waals surface area contributed by atoms with E-state index in [0.717, 1.165) is 9.99 Å². The van der Waals surface area contributed by atoms with Gasteiger partial charge in [0, 0.05) is 10.7 Å². The van der Waals surface area contributed by atoms with Gasteiger partial charge in [0.2, 0.25) is 0 Å². The molecule has 2 aromatic heterocycles. The Morgan fingerprint density at radius 3 is 3.18 bits per heavy atom.